The molecule has 0 amide bonds. The topological polar surface area (TPSA) is 59.4 Å². The number of carboxylic acids is 1. The smallest absolute Gasteiger partial charge is 0.358 e. The van der Waals surface area contributed by atoms with Crippen molar-refractivity contribution in [3.63, 3.8) is 0 Å². The molecule has 0 spiro atoms. The maximum atomic E-state index is 11.1. The lowest BCUT2D eigenvalue weighted by Gasteiger charge is -2.10. The Morgan fingerprint density at radius 3 is 2.78 bits per heavy atom. The van der Waals surface area contributed by atoms with Crippen LogP contribution in [0, 0.1) is 0 Å². The van der Waals surface area contributed by atoms with Crippen LogP contribution in [0.5, 0.6) is 5.75 Å². The lowest BCUT2D eigenvalue weighted by Crippen LogP contribution is -2.04. The van der Waals surface area contributed by atoms with Crippen molar-refractivity contribution in [1.29, 1.82) is 0 Å². The van der Waals surface area contributed by atoms with Crippen LogP contribution in [0.1, 0.15) is 10.5 Å². The zero-order valence-corrected chi connectivity index (χ0v) is 10.3. The number of aromatic nitrogens is 1. The molecule has 0 aliphatic rings. The molecule has 0 atom stereocenters. The van der Waals surface area contributed by atoms with Crippen molar-refractivity contribution in [3.8, 4) is 16.9 Å². The van der Waals surface area contributed by atoms with Gasteiger partial charge in [0.05, 0.1) is 7.11 Å². The quantitative estimate of drug-likeness (QED) is 0.924. The van der Waals surface area contributed by atoms with E-state index in [0.717, 1.165) is 5.56 Å². The SMILES string of the molecule is COc1c(-c2cccc(Cl)c2)ccnc1C(=O)O. The molecule has 1 heterocycles. The fraction of sp³-hybridized carbons (Fsp3) is 0.0769. The number of carbonyl (C=O) groups is 1. The van der Waals surface area contributed by atoms with Crippen LogP contribution in [0.2, 0.25) is 5.02 Å². The number of pyridine rings is 1. The molecule has 18 heavy (non-hydrogen) atoms. The summed E-state index contributed by atoms with van der Waals surface area (Å²) in [7, 11) is 1.41. The summed E-state index contributed by atoms with van der Waals surface area (Å²) in [6.07, 6.45) is 1.43. The number of ether oxygens (including phenoxy) is 1. The second-order valence-corrected chi connectivity index (χ2v) is 3.99. The van der Waals surface area contributed by atoms with Gasteiger partial charge in [-0.2, -0.15) is 0 Å². The van der Waals surface area contributed by atoms with Crippen LogP contribution in [0.15, 0.2) is 36.5 Å². The first kappa shape index (κ1) is 12.4. The van der Waals surface area contributed by atoms with Gasteiger partial charge in [-0.3, -0.25) is 0 Å². The summed E-state index contributed by atoms with van der Waals surface area (Å²) in [6, 6.07) is 8.80. The van der Waals surface area contributed by atoms with Gasteiger partial charge < -0.3 is 9.84 Å². The van der Waals surface area contributed by atoms with E-state index in [1.165, 1.54) is 13.3 Å². The van der Waals surface area contributed by atoms with E-state index >= 15 is 0 Å². The fourth-order valence-electron chi connectivity index (χ4n) is 1.69. The highest BCUT2D eigenvalue weighted by molar-refractivity contribution is 6.30. The molecular weight excluding hydrogens is 254 g/mol. The van der Waals surface area contributed by atoms with Gasteiger partial charge in [-0.05, 0) is 23.8 Å². The van der Waals surface area contributed by atoms with E-state index in [0.29, 0.717) is 10.6 Å². The molecule has 0 aliphatic carbocycles. The number of halogens is 1. The Balaban J connectivity index is 2.64. The molecule has 5 heteroatoms. The van der Waals surface area contributed by atoms with E-state index < -0.39 is 5.97 Å². The Labute approximate surface area is 109 Å². The van der Waals surface area contributed by atoms with Crippen LogP contribution >= 0.6 is 11.6 Å². The highest BCUT2D eigenvalue weighted by Gasteiger charge is 2.17. The van der Waals surface area contributed by atoms with Gasteiger partial charge in [-0.15, -0.1) is 0 Å². The first-order valence-corrected chi connectivity index (χ1v) is 5.53. The molecule has 2 aromatic rings. The average Bonchev–Trinajstić information content (AvgIpc) is 2.37. The van der Waals surface area contributed by atoms with Crippen LogP contribution < -0.4 is 4.74 Å². The van der Waals surface area contributed by atoms with Gasteiger partial charge in [0.1, 0.15) is 0 Å². The van der Waals surface area contributed by atoms with Crippen molar-refractivity contribution in [3.05, 3.63) is 47.2 Å². The standard InChI is InChI=1S/C13H10ClNO3/c1-18-12-10(5-6-15-11(12)13(16)17)8-3-2-4-9(14)7-8/h2-7H,1H3,(H,16,17). The van der Waals surface area contributed by atoms with Crippen molar-refractivity contribution < 1.29 is 14.6 Å². The third-order valence-corrected chi connectivity index (χ3v) is 2.68. The maximum absolute atomic E-state index is 11.1. The number of nitrogens with zero attached hydrogens (tertiary/aromatic N) is 1. The molecule has 1 aromatic heterocycles. The second-order valence-electron chi connectivity index (χ2n) is 3.56. The van der Waals surface area contributed by atoms with Gasteiger partial charge in [0.2, 0.25) is 0 Å². The Bertz CT molecular complexity index is 599. The fourth-order valence-corrected chi connectivity index (χ4v) is 1.88. The van der Waals surface area contributed by atoms with Crippen LogP contribution in [-0.4, -0.2) is 23.2 Å². The molecule has 0 radical (unpaired) electrons. The predicted molar refractivity (Wildman–Crippen MR) is 68.2 cm³/mol. The van der Waals surface area contributed by atoms with Gasteiger partial charge in [-0.1, -0.05) is 23.7 Å². The third-order valence-electron chi connectivity index (χ3n) is 2.45. The summed E-state index contributed by atoms with van der Waals surface area (Å²) in [5.41, 5.74) is 1.31. The minimum absolute atomic E-state index is 0.116. The lowest BCUT2D eigenvalue weighted by molar-refractivity contribution is 0.0686. The second kappa shape index (κ2) is 5.06. The third kappa shape index (κ3) is 2.28. The van der Waals surface area contributed by atoms with Crippen molar-refractivity contribution in [2.75, 3.05) is 7.11 Å². The minimum atomic E-state index is -1.13. The molecule has 0 unspecified atom stereocenters. The Kier molecular flexibility index (Phi) is 3.48. The summed E-state index contributed by atoms with van der Waals surface area (Å²) in [5, 5.41) is 9.63. The van der Waals surface area contributed by atoms with E-state index in [2.05, 4.69) is 4.98 Å². The highest BCUT2D eigenvalue weighted by atomic mass is 35.5. The Morgan fingerprint density at radius 1 is 1.39 bits per heavy atom. The molecule has 0 saturated heterocycles. The van der Waals surface area contributed by atoms with Crippen molar-refractivity contribution in [2.24, 2.45) is 0 Å². The average molecular weight is 264 g/mol. The number of hydrogen-bond acceptors (Lipinski definition) is 3. The zero-order chi connectivity index (χ0) is 13.1. The Hall–Kier alpha value is -2.07. The molecule has 0 aliphatic heterocycles. The maximum Gasteiger partial charge on any atom is 0.358 e. The summed E-state index contributed by atoms with van der Waals surface area (Å²) < 4.78 is 5.15. The number of hydrogen-bond donors (Lipinski definition) is 1. The molecular formula is C13H10ClNO3. The monoisotopic (exact) mass is 263 g/mol. The summed E-state index contributed by atoms with van der Waals surface area (Å²) in [5.74, 6) is -0.900. The first-order valence-electron chi connectivity index (χ1n) is 5.15. The molecule has 1 aromatic carbocycles. The van der Waals surface area contributed by atoms with E-state index in [9.17, 15) is 4.79 Å². The van der Waals surface area contributed by atoms with Crippen molar-refractivity contribution in [1.82, 2.24) is 4.98 Å². The normalized spacial score (nSPS) is 10.1. The van der Waals surface area contributed by atoms with Gasteiger partial charge in [-0.25, -0.2) is 9.78 Å². The van der Waals surface area contributed by atoms with E-state index in [-0.39, 0.29) is 11.4 Å². The van der Waals surface area contributed by atoms with Gasteiger partial charge in [0.15, 0.2) is 11.4 Å². The largest absolute Gasteiger partial charge is 0.494 e. The molecule has 0 saturated carbocycles. The van der Waals surface area contributed by atoms with Gasteiger partial charge >= 0.3 is 5.97 Å². The number of aromatic carboxylic acids is 1. The van der Waals surface area contributed by atoms with Crippen LogP contribution in [-0.2, 0) is 0 Å². The summed E-state index contributed by atoms with van der Waals surface area (Å²) in [6.45, 7) is 0. The van der Waals surface area contributed by atoms with Gasteiger partial charge in [0, 0.05) is 16.8 Å². The van der Waals surface area contributed by atoms with Crippen LogP contribution in [0.3, 0.4) is 0 Å². The van der Waals surface area contributed by atoms with Gasteiger partial charge in [0.25, 0.3) is 0 Å². The highest BCUT2D eigenvalue weighted by Crippen LogP contribution is 2.32. The van der Waals surface area contributed by atoms with Crippen molar-refractivity contribution in [2.45, 2.75) is 0 Å². The van der Waals surface area contributed by atoms with Crippen LogP contribution in [0.4, 0.5) is 0 Å². The van der Waals surface area contributed by atoms with Crippen molar-refractivity contribution >= 4 is 17.6 Å². The van der Waals surface area contributed by atoms with E-state index in [1.54, 1.807) is 24.3 Å². The Morgan fingerprint density at radius 2 is 2.17 bits per heavy atom. The molecule has 4 nitrogen and oxygen atoms in total. The summed E-state index contributed by atoms with van der Waals surface area (Å²) >= 11 is 5.92. The number of methoxy groups -OCH3 is 1. The molecule has 1 N–H and O–H groups in total. The number of rotatable bonds is 3. The van der Waals surface area contributed by atoms with Crippen LogP contribution in [0.25, 0.3) is 11.1 Å². The lowest BCUT2D eigenvalue weighted by atomic mass is 10.0. The zero-order valence-electron chi connectivity index (χ0n) is 9.55. The first-order chi connectivity index (χ1) is 8.63. The summed E-state index contributed by atoms with van der Waals surface area (Å²) in [4.78, 5) is 14.9. The number of carboxylic acid groups (broad SMARTS) is 1. The molecule has 0 bridgehead atoms. The molecule has 2 rings (SSSR count). The van der Waals surface area contributed by atoms with E-state index in [1.807, 2.05) is 6.07 Å². The predicted octanol–water partition coefficient (Wildman–Crippen LogP) is 3.11. The number of benzene rings is 1. The molecule has 92 valence electrons. The molecule has 0 fully saturated rings. The van der Waals surface area contributed by atoms with E-state index in [4.69, 9.17) is 21.4 Å². The minimum Gasteiger partial charge on any atom is -0.494 e.